The molecule has 0 aromatic carbocycles. The van der Waals surface area contributed by atoms with Crippen LogP contribution in [0.4, 0.5) is 0 Å². The van der Waals surface area contributed by atoms with Crippen LogP contribution in [-0.2, 0) is 4.74 Å². The molecule has 0 saturated carbocycles. The summed E-state index contributed by atoms with van der Waals surface area (Å²) >= 11 is 1.96. The molecular weight excluding hydrogens is 418 g/mol. The quantitative estimate of drug-likeness (QED) is 0.429. The second kappa shape index (κ2) is 17.4. The number of methoxy groups -OCH3 is 1. The van der Waals surface area contributed by atoms with Gasteiger partial charge in [-0.25, -0.2) is 0 Å². The van der Waals surface area contributed by atoms with Crippen LogP contribution in [0.25, 0.3) is 0 Å². The first-order chi connectivity index (χ1) is 15.0. The van der Waals surface area contributed by atoms with Crippen molar-refractivity contribution in [1.29, 1.82) is 0 Å². The zero-order chi connectivity index (χ0) is 23.2. The zero-order valence-electron chi connectivity index (χ0n) is 20.4. The molecule has 3 atom stereocenters. The molecule has 1 saturated heterocycles. The summed E-state index contributed by atoms with van der Waals surface area (Å²) in [6, 6.07) is 0.364. The lowest BCUT2D eigenvalue weighted by Gasteiger charge is -2.33. The summed E-state index contributed by atoms with van der Waals surface area (Å²) in [5, 5.41) is 16.5. The Morgan fingerprint density at radius 3 is 2.44 bits per heavy atom. The van der Waals surface area contributed by atoms with Crippen LogP contribution >= 0.6 is 11.8 Å². The molecule has 2 N–H and O–H groups in total. The Labute approximate surface area is 202 Å². The molecule has 6 heteroatoms. The van der Waals surface area contributed by atoms with Gasteiger partial charge in [0.2, 0.25) is 0 Å². The highest BCUT2D eigenvalue weighted by atomic mass is 32.2. The molecule has 1 fully saturated rings. The molecule has 0 radical (unpaired) electrons. The Kier molecular flexibility index (Phi) is 16.8. The fourth-order valence-electron chi connectivity index (χ4n) is 4.00. The van der Waals surface area contributed by atoms with Gasteiger partial charge in [-0.1, -0.05) is 46.3 Å². The lowest BCUT2D eigenvalue weighted by molar-refractivity contribution is -0.113. The summed E-state index contributed by atoms with van der Waals surface area (Å²) < 4.78 is 5.27. The number of thioether (sulfide) groups is 1. The SMILES string of the molecule is C.C=C.CCC.COCCC(C)C1=NC(C2CCN(O)CC2)C(SC2=CC=C(C)CN2)C1. The standard InChI is InChI=1S/C20H33N3O2S.C3H8.C2H4.CH4/c1-14-4-5-19(21-13-14)26-18-12-17(15(2)8-11-25-3)22-20(18)16-6-9-23(24)10-7-16;1-3-2;1-2;/h4-5,15-16,18,20-21,24H,6-13H2,1-3H3;3H2,1-2H3;1-2H2;1H4. The third-order valence-electron chi connectivity index (χ3n) is 5.77. The first-order valence-electron chi connectivity index (χ1n) is 11.8. The fourth-order valence-corrected chi connectivity index (χ4v) is 5.30. The molecule has 0 bridgehead atoms. The zero-order valence-corrected chi connectivity index (χ0v) is 21.2. The topological polar surface area (TPSA) is 57.1 Å². The number of nitrogens with one attached hydrogen (secondary N) is 1. The van der Waals surface area contributed by atoms with Crippen molar-refractivity contribution in [3.05, 3.63) is 35.9 Å². The lowest BCUT2D eigenvalue weighted by Crippen LogP contribution is -2.38. The predicted octanol–water partition coefficient (Wildman–Crippen LogP) is 6.32. The number of rotatable bonds is 7. The van der Waals surface area contributed by atoms with Gasteiger partial charge in [-0.15, -0.1) is 24.9 Å². The number of piperidine rings is 1. The van der Waals surface area contributed by atoms with Gasteiger partial charge in [-0.05, 0) is 50.5 Å². The van der Waals surface area contributed by atoms with Crippen molar-refractivity contribution in [3.8, 4) is 0 Å². The van der Waals surface area contributed by atoms with E-state index in [-0.39, 0.29) is 7.43 Å². The van der Waals surface area contributed by atoms with Crippen molar-refractivity contribution in [2.24, 2.45) is 16.8 Å². The molecule has 186 valence electrons. The van der Waals surface area contributed by atoms with E-state index in [4.69, 9.17) is 9.73 Å². The van der Waals surface area contributed by atoms with Crippen LogP contribution in [0.5, 0.6) is 0 Å². The van der Waals surface area contributed by atoms with Crippen molar-refractivity contribution < 1.29 is 9.94 Å². The Balaban J connectivity index is 0.00000148. The molecule has 5 nitrogen and oxygen atoms in total. The maximum Gasteiger partial charge on any atom is 0.0687 e. The number of hydroxylamine groups is 2. The molecule has 3 rings (SSSR count). The smallest absolute Gasteiger partial charge is 0.0687 e. The number of aliphatic imine (C=N–C) groups is 1. The van der Waals surface area contributed by atoms with E-state index in [0.29, 0.717) is 23.1 Å². The second-order valence-electron chi connectivity index (χ2n) is 8.55. The number of dihydropyridines is 1. The van der Waals surface area contributed by atoms with E-state index in [1.54, 1.807) is 7.11 Å². The Morgan fingerprint density at radius 1 is 1.28 bits per heavy atom. The normalized spacial score (nSPS) is 24.2. The van der Waals surface area contributed by atoms with Gasteiger partial charge in [0.25, 0.3) is 0 Å². The molecule has 3 unspecified atom stereocenters. The van der Waals surface area contributed by atoms with Gasteiger partial charge in [0.1, 0.15) is 0 Å². The molecule has 0 aromatic heterocycles. The van der Waals surface area contributed by atoms with Crippen LogP contribution in [0.1, 0.15) is 67.2 Å². The van der Waals surface area contributed by atoms with Crippen LogP contribution in [0.2, 0.25) is 0 Å². The first kappa shape index (κ1) is 30.9. The average molecular weight is 468 g/mol. The summed E-state index contributed by atoms with van der Waals surface area (Å²) in [6.45, 7) is 18.0. The van der Waals surface area contributed by atoms with Gasteiger partial charge >= 0.3 is 0 Å². The van der Waals surface area contributed by atoms with Gasteiger partial charge < -0.3 is 15.3 Å². The maximum atomic E-state index is 9.71. The summed E-state index contributed by atoms with van der Waals surface area (Å²) in [4.78, 5) is 5.22. The molecule has 32 heavy (non-hydrogen) atoms. The Morgan fingerprint density at radius 2 is 1.91 bits per heavy atom. The second-order valence-corrected chi connectivity index (χ2v) is 9.83. The van der Waals surface area contributed by atoms with Crippen molar-refractivity contribution >= 4 is 17.5 Å². The molecule has 0 aliphatic carbocycles. The van der Waals surface area contributed by atoms with Crippen molar-refractivity contribution in [1.82, 2.24) is 10.4 Å². The molecular formula is C26H49N3O2S. The number of ether oxygens (including phenoxy) is 1. The number of hydrogen-bond donors (Lipinski definition) is 2. The van der Waals surface area contributed by atoms with Crippen molar-refractivity contribution in [2.45, 2.75) is 78.5 Å². The van der Waals surface area contributed by atoms with Crippen molar-refractivity contribution in [3.63, 3.8) is 0 Å². The molecule has 3 heterocycles. The minimum atomic E-state index is 0. The molecule has 3 aliphatic heterocycles. The highest BCUT2D eigenvalue weighted by Crippen LogP contribution is 2.39. The van der Waals surface area contributed by atoms with Gasteiger partial charge in [-0.3, -0.25) is 4.99 Å². The number of hydrogen-bond acceptors (Lipinski definition) is 6. The van der Waals surface area contributed by atoms with Crippen molar-refractivity contribution in [2.75, 3.05) is 33.4 Å². The fraction of sp³-hybridized carbons (Fsp3) is 0.731. The van der Waals surface area contributed by atoms with E-state index in [1.165, 1.54) is 27.8 Å². The highest BCUT2D eigenvalue weighted by molar-refractivity contribution is 8.03. The summed E-state index contributed by atoms with van der Waals surface area (Å²) in [5.41, 5.74) is 2.73. The maximum absolute atomic E-state index is 9.71. The number of nitrogens with zero attached hydrogens (tertiary/aromatic N) is 2. The van der Waals surface area contributed by atoms with E-state index in [0.717, 1.165) is 51.9 Å². The Hall–Kier alpha value is -1.08. The average Bonchev–Trinajstić information content (AvgIpc) is 3.20. The van der Waals surface area contributed by atoms with E-state index in [2.05, 4.69) is 58.3 Å². The number of allylic oxidation sites excluding steroid dienone is 2. The highest BCUT2D eigenvalue weighted by Gasteiger charge is 2.38. The summed E-state index contributed by atoms with van der Waals surface area (Å²) in [6.07, 6.45) is 9.86. The predicted molar refractivity (Wildman–Crippen MR) is 143 cm³/mol. The van der Waals surface area contributed by atoms with Crippen LogP contribution in [0.3, 0.4) is 0 Å². The monoisotopic (exact) mass is 467 g/mol. The van der Waals surface area contributed by atoms with E-state index >= 15 is 0 Å². The van der Waals surface area contributed by atoms with Crippen LogP contribution in [0, 0.1) is 11.8 Å². The van der Waals surface area contributed by atoms with Gasteiger partial charge in [-0.2, -0.15) is 5.06 Å². The lowest BCUT2D eigenvalue weighted by atomic mass is 9.88. The van der Waals surface area contributed by atoms with Crippen LogP contribution in [0.15, 0.2) is 40.9 Å². The molecule has 0 amide bonds. The van der Waals surface area contributed by atoms with E-state index in [1.807, 2.05) is 11.8 Å². The van der Waals surface area contributed by atoms with E-state index < -0.39 is 0 Å². The summed E-state index contributed by atoms with van der Waals surface area (Å²) in [7, 11) is 1.77. The molecule has 3 aliphatic rings. The minimum absolute atomic E-state index is 0. The van der Waals surface area contributed by atoms with Gasteiger partial charge in [0.05, 0.1) is 11.1 Å². The van der Waals surface area contributed by atoms with Gasteiger partial charge in [0, 0.05) is 44.3 Å². The van der Waals surface area contributed by atoms with Gasteiger partial charge in [0.15, 0.2) is 0 Å². The third kappa shape index (κ3) is 10.2. The van der Waals surface area contributed by atoms with E-state index in [9.17, 15) is 5.21 Å². The Bertz CT molecular complexity index is 598. The third-order valence-corrected chi connectivity index (χ3v) is 7.05. The minimum Gasteiger partial charge on any atom is -0.385 e. The van der Waals surface area contributed by atoms with Crippen LogP contribution in [-0.4, -0.2) is 60.6 Å². The molecule has 0 spiro atoms. The largest absolute Gasteiger partial charge is 0.385 e. The summed E-state index contributed by atoms with van der Waals surface area (Å²) in [5.74, 6) is 1.06. The first-order valence-corrected chi connectivity index (χ1v) is 12.6. The van der Waals surface area contributed by atoms with Crippen LogP contribution < -0.4 is 5.32 Å². The molecule has 0 aromatic rings.